The topological polar surface area (TPSA) is 137 Å². The maximum absolute atomic E-state index is 13.1. The van der Waals surface area contributed by atoms with Crippen LogP contribution in [0.2, 0.25) is 0 Å². The summed E-state index contributed by atoms with van der Waals surface area (Å²) in [5.74, 6) is -2.28. The van der Waals surface area contributed by atoms with Gasteiger partial charge in [-0.2, -0.15) is 0 Å². The van der Waals surface area contributed by atoms with Crippen LogP contribution in [-0.2, 0) is 30.3 Å². The van der Waals surface area contributed by atoms with Crippen LogP contribution in [0.5, 0.6) is 0 Å². The molecule has 3 atom stereocenters. The monoisotopic (exact) mass is 489 g/mol. The summed E-state index contributed by atoms with van der Waals surface area (Å²) in [6, 6.07) is 8.61. The first-order chi connectivity index (χ1) is 16.9. The zero-order valence-corrected chi connectivity index (χ0v) is 20.1. The maximum atomic E-state index is 13.1. The van der Waals surface area contributed by atoms with Gasteiger partial charge in [0.15, 0.2) is 0 Å². The second kappa shape index (κ2) is 14.2. The zero-order valence-electron chi connectivity index (χ0n) is 20.1. The molecule has 0 saturated carbocycles. The molecular formula is C24H36BN3O7. The van der Waals surface area contributed by atoms with Crippen LogP contribution >= 0.6 is 0 Å². The Hall–Kier alpha value is -2.47. The Bertz CT molecular complexity index is 783. The van der Waals surface area contributed by atoms with Crippen molar-refractivity contribution in [3.8, 4) is 0 Å². The minimum atomic E-state index is -1.78. The molecule has 0 spiro atoms. The Balaban J connectivity index is 1.61. The van der Waals surface area contributed by atoms with E-state index in [1.54, 1.807) is 4.90 Å². The first-order valence-electron chi connectivity index (χ1n) is 12.4. The van der Waals surface area contributed by atoms with Gasteiger partial charge in [-0.1, -0.05) is 30.3 Å². The highest BCUT2D eigenvalue weighted by Gasteiger charge is 2.33. The number of nitrogens with one attached hydrogen (secondary N) is 2. The first-order valence-corrected chi connectivity index (χ1v) is 12.4. The Morgan fingerprint density at radius 1 is 1.06 bits per heavy atom. The fourth-order valence-corrected chi connectivity index (χ4v) is 4.29. The number of rotatable bonds is 11. The zero-order chi connectivity index (χ0) is 25.0. The number of hydrogen-bond acceptors (Lipinski definition) is 7. The van der Waals surface area contributed by atoms with Gasteiger partial charge in [-0.25, -0.2) is 0 Å². The molecule has 3 rings (SSSR count). The number of aryl methyl sites for hydroxylation is 1. The third-order valence-corrected chi connectivity index (χ3v) is 6.36. The molecule has 35 heavy (non-hydrogen) atoms. The van der Waals surface area contributed by atoms with E-state index in [1.165, 1.54) is 0 Å². The number of morpholine rings is 1. The van der Waals surface area contributed by atoms with Gasteiger partial charge in [-0.15, -0.1) is 0 Å². The summed E-state index contributed by atoms with van der Waals surface area (Å²) < 4.78 is 10.8. The molecule has 192 valence electrons. The standard InChI is InChI=1S/C24H36BN3O7/c29-22(28-12-15-34-16-13-28)17-19(26-24(31)20-10-4-5-14-35-20)23(30)27-21(25(32)33)11-6-9-18-7-2-1-3-8-18/h1-3,7-8,19-21,32-33H,4-6,9-17H2,(H,26,31)(H,27,30)/t19?,20-,21?/m0/s1. The number of benzene rings is 1. The average molecular weight is 489 g/mol. The molecule has 0 radical (unpaired) electrons. The van der Waals surface area contributed by atoms with Crippen molar-refractivity contribution in [3.05, 3.63) is 35.9 Å². The molecule has 1 aromatic rings. The molecule has 11 heteroatoms. The largest absolute Gasteiger partial charge is 0.475 e. The predicted molar refractivity (Wildman–Crippen MR) is 129 cm³/mol. The molecule has 2 aliphatic heterocycles. The number of nitrogens with zero attached hydrogens (tertiary/aromatic N) is 1. The lowest BCUT2D eigenvalue weighted by atomic mass is 9.76. The molecular weight excluding hydrogens is 453 g/mol. The summed E-state index contributed by atoms with van der Waals surface area (Å²) in [6.45, 7) is 2.16. The van der Waals surface area contributed by atoms with Crippen LogP contribution in [-0.4, -0.2) is 90.8 Å². The Morgan fingerprint density at radius 3 is 2.46 bits per heavy atom. The van der Waals surface area contributed by atoms with E-state index in [0.29, 0.717) is 58.6 Å². The van der Waals surface area contributed by atoms with Gasteiger partial charge in [0, 0.05) is 19.7 Å². The molecule has 0 bridgehead atoms. The number of hydrogen-bond donors (Lipinski definition) is 4. The van der Waals surface area contributed by atoms with Crippen LogP contribution in [0.15, 0.2) is 30.3 Å². The van der Waals surface area contributed by atoms with Crippen LogP contribution in [0.3, 0.4) is 0 Å². The Morgan fingerprint density at radius 2 is 1.80 bits per heavy atom. The van der Waals surface area contributed by atoms with Crippen molar-refractivity contribution in [2.24, 2.45) is 0 Å². The highest BCUT2D eigenvalue weighted by atomic mass is 16.5. The van der Waals surface area contributed by atoms with Crippen molar-refractivity contribution in [3.63, 3.8) is 0 Å². The second-order valence-corrected chi connectivity index (χ2v) is 9.02. The summed E-state index contributed by atoms with van der Waals surface area (Å²) in [5, 5.41) is 25.0. The van der Waals surface area contributed by atoms with Crippen molar-refractivity contribution in [1.82, 2.24) is 15.5 Å². The van der Waals surface area contributed by atoms with Crippen LogP contribution < -0.4 is 10.6 Å². The van der Waals surface area contributed by atoms with Crippen molar-refractivity contribution in [2.75, 3.05) is 32.9 Å². The summed E-state index contributed by atoms with van der Waals surface area (Å²) in [6.07, 6.45) is 3.03. The van der Waals surface area contributed by atoms with Crippen molar-refractivity contribution >= 4 is 24.8 Å². The van der Waals surface area contributed by atoms with Gasteiger partial charge < -0.3 is 35.1 Å². The van der Waals surface area contributed by atoms with E-state index < -0.39 is 37.0 Å². The molecule has 0 aliphatic carbocycles. The van der Waals surface area contributed by atoms with Gasteiger partial charge in [-0.05, 0) is 44.1 Å². The minimum absolute atomic E-state index is 0.234. The lowest BCUT2D eigenvalue weighted by Crippen LogP contribution is -2.57. The number of amides is 3. The van der Waals surface area contributed by atoms with Gasteiger partial charge in [0.25, 0.3) is 0 Å². The van der Waals surface area contributed by atoms with E-state index in [1.807, 2.05) is 30.3 Å². The number of ether oxygens (including phenoxy) is 2. The highest BCUT2D eigenvalue weighted by molar-refractivity contribution is 6.43. The lowest BCUT2D eigenvalue weighted by molar-refractivity contribution is -0.142. The van der Waals surface area contributed by atoms with Crippen LogP contribution in [0, 0.1) is 0 Å². The molecule has 0 aromatic heterocycles. The Kier molecular flexibility index (Phi) is 11.0. The fourth-order valence-electron chi connectivity index (χ4n) is 4.29. The average Bonchev–Trinajstić information content (AvgIpc) is 2.89. The third-order valence-electron chi connectivity index (χ3n) is 6.36. The van der Waals surface area contributed by atoms with E-state index >= 15 is 0 Å². The quantitative estimate of drug-likeness (QED) is 0.316. The second-order valence-electron chi connectivity index (χ2n) is 9.02. The predicted octanol–water partition coefficient (Wildman–Crippen LogP) is -0.191. The smallest absolute Gasteiger partial charge is 0.426 e. The normalized spacial score (nSPS) is 19.9. The SMILES string of the molecule is O=C(NC(CCCc1ccccc1)B(O)O)C(CC(=O)N1CCOCC1)NC(=O)[C@@H]1CCCCO1. The molecule has 2 saturated heterocycles. The van der Waals surface area contributed by atoms with E-state index in [-0.39, 0.29) is 12.3 Å². The van der Waals surface area contributed by atoms with E-state index in [9.17, 15) is 24.4 Å². The highest BCUT2D eigenvalue weighted by Crippen LogP contribution is 2.14. The lowest BCUT2D eigenvalue weighted by Gasteiger charge is -2.30. The van der Waals surface area contributed by atoms with E-state index in [4.69, 9.17) is 9.47 Å². The van der Waals surface area contributed by atoms with Gasteiger partial charge in [0.05, 0.1) is 25.6 Å². The van der Waals surface area contributed by atoms with Crippen molar-refractivity contribution in [1.29, 1.82) is 0 Å². The van der Waals surface area contributed by atoms with Gasteiger partial charge in [0.1, 0.15) is 12.1 Å². The van der Waals surface area contributed by atoms with Gasteiger partial charge in [-0.3, -0.25) is 14.4 Å². The third kappa shape index (κ3) is 8.92. The van der Waals surface area contributed by atoms with Crippen LogP contribution in [0.25, 0.3) is 0 Å². The van der Waals surface area contributed by atoms with Gasteiger partial charge >= 0.3 is 7.12 Å². The van der Waals surface area contributed by atoms with Crippen LogP contribution in [0.4, 0.5) is 0 Å². The first kappa shape index (κ1) is 27.1. The molecule has 2 unspecified atom stereocenters. The summed E-state index contributed by atoms with van der Waals surface area (Å²) in [5.41, 5.74) is 1.11. The molecule has 10 nitrogen and oxygen atoms in total. The van der Waals surface area contributed by atoms with Crippen LogP contribution in [0.1, 0.15) is 44.1 Å². The maximum Gasteiger partial charge on any atom is 0.475 e. The number of carbonyl (C=O) groups excluding carboxylic acids is 3. The minimum Gasteiger partial charge on any atom is -0.426 e. The van der Waals surface area contributed by atoms with E-state index in [2.05, 4.69) is 10.6 Å². The summed E-state index contributed by atoms with van der Waals surface area (Å²) in [7, 11) is -1.78. The van der Waals surface area contributed by atoms with Crippen molar-refractivity contribution in [2.45, 2.75) is 63.0 Å². The molecule has 3 amide bonds. The molecule has 2 heterocycles. The van der Waals surface area contributed by atoms with E-state index in [0.717, 1.165) is 18.4 Å². The van der Waals surface area contributed by atoms with Gasteiger partial charge in [0.2, 0.25) is 17.7 Å². The molecule has 1 aromatic carbocycles. The van der Waals surface area contributed by atoms with Crippen molar-refractivity contribution < 1.29 is 33.9 Å². The molecule has 4 N–H and O–H groups in total. The molecule has 2 fully saturated rings. The summed E-state index contributed by atoms with van der Waals surface area (Å²) in [4.78, 5) is 40.3. The summed E-state index contributed by atoms with van der Waals surface area (Å²) >= 11 is 0. The number of carbonyl (C=O) groups is 3. The molecule has 2 aliphatic rings. The fraction of sp³-hybridized carbons (Fsp3) is 0.625. The Labute approximate surface area is 206 Å².